The second-order valence-corrected chi connectivity index (χ2v) is 7.07. The Hall–Kier alpha value is -2.24. The lowest BCUT2D eigenvalue weighted by molar-refractivity contribution is -0.123. The number of carbonyl (C=O) groups is 2. The maximum atomic E-state index is 12.3. The second-order valence-electron chi connectivity index (χ2n) is 7.07. The van der Waals surface area contributed by atoms with Crippen LogP contribution in [0.4, 0.5) is 0 Å². The topological polar surface area (TPSA) is 65.3 Å². The molecule has 2 heterocycles. The second kappa shape index (κ2) is 6.10. The molecule has 0 bridgehead atoms. The van der Waals surface area contributed by atoms with Gasteiger partial charge in [0.2, 0.25) is 5.91 Å². The summed E-state index contributed by atoms with van der Waals surface area (Å²) in [6, 6.07) is 3.66. The van der Waals surface area contributed by atoms with E-state index in [4.69, 9.17) is 4.74 Å². The number of carbonyl (C=O) groups excluding carboxylic acids is 2. The number of amides is 1. The number of esters is 1. The van der Waals surface area contributed by atoms with Crippen LogP contribution >= 0.6 is 0 Å². The standard InChI is InChI=1S/C17H25N3O3/c1-11(2)23-16(22)14-9-13-12(7-8-19(13)6)20(14)10-15(21)18-17(3,4)5/h7-9,11H,10H2,1-6H3,(H,18,21). The van der Waals surface area contributed by atoms with Crippen LogP contribution in [0.1, 0.15) is 45.1 Å². The highest BCUT2D eigenvalue weighted by Gasteiger charge is 2.22. The van der Waals surface area contributed by atoms with Gasteiger partial charge in [-0.25, -0.2) is 4.79 Å². The zero-order valence-electron chi connectivity index (χ0n) is 14.6. The smallest absolute Gasteiger partial charge is 0.355 e. The van der Waals surface area contributed by atoms with Crippen molar-refractivity contribution in [2.24, 2.45) is 7.05 Å². The van der Waals surface area contributed by atoms with E-state index in [1.165, 1.54) is 0 Å². The van der Waals surface area contributed by atoms with Crippen molar-refractivity contribution in [3.63, 3.8) is 0 Å². The first kappa shape index (κ1) is 17.1. The SMILES string of the molecule is CC(C)OC(=O)c1cc2c(ccn2C)n1CC(=O)NC(C)(C)C. The molecule has 0 aliphatic rings. The number of fused-ring (bicyclic) bond motifs is 1. The van der Waals surface area contributed by atoms with Gasteiger partial charge in [-0.15, -0.1) is 0 Å². The fourth-order valence-corrected chi connectivity index (χ4v) is 2.49. The first-order chi connectivity index (χ1) is 10.6. The number of nitrogens with zero attached hydrogens (tertiary/aromatic N) is 2. The van der Waals surface area contributed by atoms with Gasteiger partial charge in [0.25, 0.3) is 0 Å². The van der Waals surface area contributed by atoms with Crippen molar-refractivity contribution in [2.45, 2.75) is 52.8 Å². The molecule has 1 amide bonds. The summed E-state index contributed by atoms with van der Waals surface area (Å²) in [5.41, 5.74) is 1.80. The van der Waals surface area contributed by atoms with Gasteiger partial charge >= 0.3 is 5.97 Å². The van der Waals surface area contributed by atoms with Crippen molar-refractivity contribution < 1.29 is 14.3 Å². The Morgan fingerprint density at radius 3 is 2.48 bits per heavy atom. The van der Waals surface area contributed by atoms with Crippen LogP contribution in [0, 0.1) is 0 Å². The molecule has 0 saturated carbocycles. The van der Waals surface area contributed by atoms with Crippen molar-refractivity contribution in [3.05, 3.63) is 24.0 Å². The average molecular weight is 319 g/mol. The molecule has 0 aromatic carbocycles. The Kier molecular flexibility index (Phi) is 4.54. The molecule has 0 atom stereocenters. The van der Waals surface area contributed by atoms with Gasteiger partial charge < -0.3 is 19.2 Å². The summed E-state index contributed by atoms with van der Waals surface area (Å²) in [5.74, 6) is -0.558. The van der Waals surface area contributed by atoms with E-state index in [0.29, 0.717) is 5.69 Å². The van der Waals surface area contributed by atoms with E-state index < -0.39 is 5.97 Å². The Morgan fingerprint density at radius 2 is 1.91 bits per heavy atom. The number of rotatable bonds is 4. The largest absolute Gasteiger partial charge is 0.458 e. The molecule has 0 spiro atoms. The molecule has 23 heavy (non-hydrogen) atoms. The molecule has 6 nitrogen and oxygen atoms in total. The van der Waals surface area contributed by atoms with Gasteiger partial charge in [-0.05, 0) is 46.8 Å². The summed E-state index contributed by atoms with van der Waals surface area (Å²) in [7, 11) is 1.90. The molecule has 0 fully saturated rings. The fraction of sp³-hybridized carbons (Fsp3) is 0.529. The molecule has 0 aliphatic heterocycles. The minimum Gasteiger partial charge on any atom is -0.458 e. The molecular weight excluding hydrogens is 294 g/mol. The Balaban J connectivity index is 2.39. The van der Waals surface area contributed by atoms with Gasteiger partial charge in [-0.1, -0.05) is 0 Å². The van der Waals surface area contributed by atoms with Crippen LogP contribution in [-0.2, 0) is 23.1 Å². The van der Waals surface area contributed by atoms with E-state index in [2.05, 4.69) is 5.32 Å². The molecule has 2 aromatic rings. The number of aromatic nitrogens is 2. The molecule has 2 aromatic heterocycles. The first-order valence-corrected chi connectivity index (χ1v) is 7.75. The van der Waals surface area contributed by atoms with Crippen molar-refractivity contribution in [2.75, 3.05) is 0 Å². The molecule has 6 heteroatoms. The molecule has 0 saturated heterocycles. The minimum absolute atomic E-state index is 0.0767. The summed E-state index contributed by atoms with van der Waals surface area (Å²) < 4.78 is 8.92. The van der Waals surface area contributed by atoms with E-state index in [9.17, 15) is 9.59 Å². The van der Waals surface area contributed by atoms with Gasteiger partial charge in [0.15, 0.2) is 0 Å². The van der Waals surface area contributed by atoms with Crippen molar-refractivity contribution >= 4 is 22.9 Å². The predicted molar refractivity (Wildman–Crippen MR) is 89.4 cm³/mol. The van der Waals surface area contributed by atoms with E-state index >= 15 is 0 Å². The van der Waals surface area contributed by atoms with Crippen LogP contribution in [0.3, 0.4) is 0 Å². The van der Waals surface area contributed by atoms with Crippen LogP contribution in [0.2, 0.25) is 0 Å². The highest BCUT2D eigenvalue weighted by atomic mass is 16.5. The summed E-state index contributed by atoms with van der Waals surface area (Å²) in [6.07, 6.45) is 1.69. The number of aryl methyl sites for hydroxylation is 1. The molecule has 0 aliphatic carbocycles. The number of nitrogens with one attached hydrogen (secondary N) is 1. The van der Waals surface area contributed by atoms with E-state index in [-0.39, 0.29) is 24.1 Å². The van der Waals surface area contributed by atoms with Gasteiger partial charge in [0, 0.05) is 18.8 Å². The maximum Gasteiger partial charge on any atom is 0.355 e. The average Bonchev–Trinajstić information content (AvgIpc) is 2.88. The van der Waals surface area contributed by atoms with Crippen molar-refractivity contribution in [3.8, 4) is 0 Å². The van der Waals surface area contributed by atoms with E-state index in [0.717, 1.165) is 11.0 Å². The van der Waals surface area contributed by atoms with E-state index in [1.807, 2.05) is 44.6 Å². The summed E-state index contributed by atoms with van der Waals surface area (Å²) >= 11 is 0. The molecule has 1 N–H and O–H groups in total. The van der Waals surface area contributed by atoms with Crippen LogP contribution in [0.5, 0.6) is 0 Å². The normalized spacial score (nSPS) is 12.0. The summed E-state index contributed by atoms with van der Waals surface area (Å²) in [6.45, 7) is 9.45. The monoisotopic (exact) mass is 319 g/mol. The predicted octanol–water partition coefficient (Wildman–Crippen LogP) is 2.46. The van der Waals surface area contributed by atoms with Gasteiger partial charge in [-0.2, -0.15) is 0 Å². The van der Waals surface area contributed by atoms with Crippen LogP contribution in [0.25, 0.3) is 11.0 Å². The Bertz CT molecular complexity index is 732. The first-order valence-electron chi connectivity index (χ1n) is 7.75. The zero-order chi connectivity index (χ0) is 17.4. The van der Waals surface area contributed by atoms with Crippen LogP contribution in [0.15, 0.2) is 18.3 Å². The minimum atomic E-state index is -0.417. The summed E-state index contributed by atoms with van der Waals surface area (Å²) in [5, 5.41) is 2.92. The Labute approximate surface area is 136 Å². The van der Waals surface area contributed by atoms with Gasteiger partial charge in [0.1, 0.15) is 12.2 Å². The van der Waals surface area contributed by atoms with E-state index in [1.54, 1.807) is 24.5 Å². The highest BCUT2D eigenvalue weighted by Crippen LogP contribution is 2.22. The lowest BCUT2D eigenvalue weighted by Gasteiger charge is -2.21. The molecule has 0 radical (unpaired) electrons. The molecular formula is C17H25N3O3. The zero-order valence-corrected chi connectivity index (χ0v) is 14.6. The number of hydrogen-bond donors (Lipinski definition) is 1. The Morgan fingerprint density at radius 1 is 1.26 bits per heavy atom. The summed E-state index contributed by atoms with van der Waals surface area (Å²) in [4.78, 5) is 24.6. The van der Waals surface area contributed by atoms with Gasteiger partial charge in [-0.3, -0.25) is 4.79 Å². The third-order valence-electron chi connectivity index (χ3n) is 3.32. The third-order valence-corrected chi connectivity index (χ3v) is 3.32. The van der Waals surface area contributed by atoms with Crippen molar-refractivity contribution in [1.82, 2.24) is 14.5 Å². The number of ether oxygens (including phenoxy) is 1. The fourth-order valence-electron chi connectivity index (χ4n) is 2.49. The van der Waals surface area contributed by atoms with Crippen molar-refractivity contribution in [1.29, 1.82) is 0 Å². The van der Waals surface area contributed by atoms with Crippen LogP contribution < -0.4 is 5.32 Å². The lowest BCUT2D eigenvalue weighted by atomic mass is 10.1. The maximum absolute atomic E-state index is 12.3. The third kappa shape index (κ3) is 3.94. The highest BCUT2D eigenvalue weighted by molar-refractivity contribution is 5.96. The molecule has 2 rings (SSSR count). The molecule has 0 unspecified atom stereocenters. The number of hydrogen-bond acceptors (Lipinski definition) is 3. The lowest BCUT2D eigenvalue weighted by Crippen LogP contribution is -2.42. The van der Waals surface area contributed by atoms with Gasteiger partial charge in [0.05, 0.1) is 17.1 Å². The quantitative estimate of drug-likeness (QED) is 0.880. The molecule has 126 valence electrons. The van der Waals surface area contributed by atoms with Crippen LogP contribution in [-0.4, -0.2) is 32.7 Å².